The first kappa shape index (κ1) is 18.1. The normalized spacial score (nSPS) is 13.2. The lowest BCUT2D eigenvalue weighted by Gasteiger charge is -2.20. The van der Waals surface area contributed by atoms with Gasteiger partial charge in [0.1, 0.15) is 6.10 Å². The van der Waals surface area contributed by atoms with Gasteiger partial charge in [0.15, 0.2) is 5.82 Å². The largest absolute Gasteiger partial charge is 0.373 e. The minimum atomic E-state index is -0.0287. The maximum atomic E-state index is 5.54. The van der Waals surface area contributed by atoms with Crippen LogP contribution in [0.15, 0.2) is 0 Å². The zero-order chi connectivity index (χ0) is 16.0. The van der Waals surface area contributed by atoms with E-state index in [1.807, 2.05) is 0 Å². The molecule has 1 unspecified atom stereocenters. The second-order valence-electron chi connectivity index (χ2n) is 6.34. The Morgan fingerprint density at radius 3 is 2.05 bits per heavy atom. The zero-order valence-electron chi connectivity index (χ0n) is 14.7. The average Bonchev–Trinajstić information content (AvgIpc) is 2.37. The molecule has 0 bridgehead atoms. The van der Waals surface area contributed by atoms with Gasteiger partial charge in [0.05, 0.1) is 0 Å². The molecule has 0 aliphatic carbocycles. The van der Waals surface area contributed by atoms with Gasteiger partial charge in [0.25, 0.3) is 0 Å². The van der Waals surface area contributed by atoms with E-state index in [1.165, 1.54) is 5.56 Å². The Balaban J connectivity index is 2.80. The highest BCUT2D eigenvalue weighted by Gasteiger charge is 2.20. The number of rotatable bonds is 8. The quantitative estimate of drug-likeness (QED) is 0.747. The summed E-state index contributed by atoms with van der Waals surface area (Å²) in [5, 5.41) is 3.45. The summed E-state index contributed by atoms with van der Waals surface area (Å²) in [4.78, 5) is 9.37. The summed E-state index contributed by atoms with van der Waals surface area (Å²) in [6.45, 7) is 13.8. The van der Waals surface area contributed by atoms with Crippen LogP contribution in [0.4, 0.5) is 0 Å². The van der Waals surface area contributed by atoms with Crippen molar-refractivity contribution in [3.63, 3.8) is 0 Å². The summed E-state index contributed by atoms with van der Waals surface area (Å²) in [6.07, 6.45) is 2.11. The molecule has 120 valence electrons. The number of ether oxygens (including phenoxy) is 1. The van der Waals surface area contributed by atoms with Crippen LogP contribution in [0.25, 0.3) is 0 Å². The molecule has 1 rings (SSSR count). The summed E-state index contributed by atoms with van der Waals surface area (Å²) in [5.74, 6) is 1.18. The van der Waals surface area contributed by atoms with E-state index in [2.05, 4.69) is 56.8 Å². The van der Waals surface area contributed by atoms with Crippen molar-refractivity contribution in [2.75, 3.05) is 13.7 Å². The monoisotopic (exact) mass is 293 g/mol. The molecule has 1 aromatic rings. The smallest absolute Gasteiger partial charge is 0.157 e. The first-order chi connectivity index (χ1) is 9.86. The number of aryl methyl sites for hydroxylation is 2. The Morgan fingerprint density at radius 2 is 1.62 bits per heavy atom. The van der Waals surface area contributed by atoms with Gasteiger partial charge in [0, 0.05) is 24.5 Å². The molecule has 0 spiro atoms. The zero-order valence-corrected chi connectivity index (χ0v) is 14.7. The molecule has 0 aromatic carbocycles. The van der Waals surface area contributed by atoms with Gasteiger partial charge in [-0.25, -0.2) is 9.97 Å². The average molecular weight is 293 g/mol. The minimum absolute atomic E-state index is 0.0287. The van der Waals surface area contributed by atoms with Crippen molar-refractivity contribution in [1.82, 2.24) is 15.3 Å². The Bertz CT molecular complexity index is 421. The van der Waals surface area contributed by atoms with Crippen LogP contribution < -0.4 is 5.32 Å². The number of nitrogens with zero attached hydrogens (tertiary/aromatic N) is 2. The Labute approximate surface area is 129 Å². The summed E-state index contributed by atoms with van der Waals surface area (Å²) in [7, 11) is 1.73. The fraction of sp³-hybridized carbons (Fsp3) is 0.765. The molecule has 4 nitrogen and oxygen atoms in total. The molecule has 0 saturated heterocycles. The first-order valence-corrected chi connectivity index (χ1v) is 7.97. The number of aromatic nitrogens is 2. The van der Waals surface area contributed by atoms with Gasteiger partial charge in [-0.05, 0) is 44.7 Å². The summed E-state index contributed by atoms with van der Waals surface area (Å²) >= 11 is 0. The van der Waals surface area contributed by atoms with Crippen molar-refractivity contribution in [2.45, 2.75) is 66.5 Å². The maximum Gasteiger partial charge on any atom is 0.157 e. The highest BCUT2D eigenvalue weighted by atomic mass is 16.5. The molecule has 4 heteroatoms. The highest BCUT2D eigenvalue weighted by Crippen LogP contribution is 2.24. The number of nitrogens with one attached hydrogen (secondary N) is 1. The third-order valence-electron chi connectivity index (χ3n) is 3.71. The van der Waals surface area contributed by atoms with Gasteiger partial charge < -0.3 is 10.1 Å². The van der Waals surface area contributed by atoms with E-state index in [0.717, 1.165) is 36.6 Å². The second kappa shape index (κ2) is 8.44. The number of hydrogen-bond acceptors (Lipinski definition) is 4. The van der Waals surface area contributed by atoms with Gasteiger partial charge in [-0.3, -0.25) is 0 Å². The molecule has 0 fully saturated rings. The fourth-order valence-corrected chi connectivity index (χ4v) is 2.59. The molecule has 1 aromatic heterocycles. The molecule has 1 N–H and O–H groups in total. The molecular weight excluding hydrogens is 262 g/mol. The standard InChI is InChI=1S/C17H31N3O/c1-11(2)16(21-7)17-19-13(5)15(14(6)20-17)9-8-10-18-12(3)4/h11-12,16,18H,8-10H2,1-7H3. The van der Waals surface area contributed by atoms with Crippen molar-refractivity contribution in [2.24, 2.45) is 5.92 Å². The van der Waals surface area contributed by atoms with Crippen molar-refractivity contribution in [3.05, 3.63) is 22.8 Å². The Kier molecular flexibility index (Phi) is 7.26. The van der Waals surface area contributed by atoms with Crippen molar-refractivity contribution < 1.29 is 4.74 Å². The second-order valence-corrected chi connectivity index (χ2v) is 6.34. The minimum Gasteiger partial charge on any atom is -0.373 e. The van der Waals surface area contributed by atoms with E-state index in [-0.39, 0.29) is 6.10 Å². The summed E-state index contributed by atoms with van der Waals surface area (Å²) in [6, 6.07) is 0.541. The van der Waals surface area contributed by atoms with Crippen LogP contribution in [0.5, 0.6) is 0 Å². The van der Waals surface area contributed by atoms with Crippen LogP contribution in [0, 0.1) is 19.8 Å². The molecule has 1 heterocycles. The van der Waals surface area contributed by atoms with Gasteiger partial charge >= 0.3 is 0 Å². The van der Waals surface area contributed by atoms with E-state index in [4.69, 9.17) is 4.74 Å². The molecule has 0 amide bonds. The van der Waals surface area contributed by atoms with E-state index in [9.17, 15) is 0 Å². The van der Waals surface area contributed by atoms with E-state index >= 15 is 0 Å². The van der Waals surface area contributed by atoms with Crippen LogP contribution in [-0.4, -0.2) is 29.7 Å². The lowest BCUT2D eigenvalue weighted by atomic mass is 10.0. The maximum absolute atomic E-state index is 5.54. The number of methoxy groups -OCH3 is 1. The van der Waals surface area contributed by atoms with Gasteiger partial charge in [-0.1, -0.05) is 27.7 Å². The fourth-order valence-electron chi connectivity index (χ4n) is 2.59. The Morgan fingerprint density at radius 1 is 1.05 bits per heavy atom. The molecule has 1 atom stereocenters. The van der Waals surface area contributed by atoms with Crippen molar-refractivity contribution in [1.29, 1.82) is 0 Å². The van der Waals surface area contributed by atoms with Crippen LogP contribution in [0.2, 0.25) is 0 Å². The molecule has 0 saturated carbocycles. The molecule has 21 heavy (non-hydrogen) atoms. The summed E-state index contributed by atoms with van der Waals surface area (Å²) < 4.78 is 5.54. The molecule has 0 aliphatic rings. The van der Waals surface area contributed by atoms with E-state index in [1.54, 1.807) is 7.11 Å². The van der Waals surface area contributed by atoms with Crippen LogP contribution in [-0.2, 0) is 11.2 Å². The third-order valence-corrected chi connectivity index (χ3v) is 3.71. The molecule has 0 aliphatic heterocycles. The number of hydrogen-bond donors (Lipinski definition) is 1. The van der Waals surface area contributed by atoms with Gasteiger partial charge in [0.2, 0.25) is 0 Å². The van der Waals surface area contributed by atoms with E-state index < -0.39 is 0 Å². The molecular formula is C17H31N3O. The first-order valence-electron chi connectivity index (χ1n) is 7.97. The van der Waals surface area contributed by atoms with Crippen LogP contribution in [0.1, 0.15) is 63.0 Å². The Hall–Kier alpha value is -1.00. The van der Waals surface area contributed by atoms with E-state index in [0.29, 0.717) is 12.0 Å². The van der Waals surface area contributed by atoms with Gasteiger partial charge in [-0.15, -0.1) is 0 Å². The van der Waals surface area contributed by atoms with Crippen LogP contribution in [0.3, 0.4) is 0 Å². The summed E-state index contributed by atoms with van der Waals surface area (Å²) in [5.41, 5.74) is 3.46. The van der Waals surface area contributed by atoms with Crippen LogP contribution >= 0.6 is 0 Å². The topological polar surface area (TPSA) is 47.0 Å². The predicted octanol–water partition coefficient (Wildman–Crippen LogP) is 3.37. The lowest BCUT2D eigenvalue weighted by molar-refractivity contribution is 0.0571. The highest BCUT2D eigenvalue weighted by molar-refractivity contribution is 5.25. The van der Waals surface area contributed by atoms with Gasteiger partial charge in [-0.2, -0.15) is 0 Å². The SMILES string of the molecule is COC(c1nc(C)c(CCCNC(C)C)c(C)n1)C(C)C. The van der Waals surface area contributed by atoms with Crippen molar-refractivity contribution >= 4 is 0 Å². The third kappa shape index (κ3) is 5.36. The lowest BCUT2D eigenvalue weighted by Crippen LogP contribution is -2.24. The van der Waals surface area contributed by atoms with Crippen molar-refractivity contribution in [3.8, 4) is 0 Å². The predicted molar refractivity (Wildman–Crippen MR) is 87.6 cm³/mol. The molecule has 0 radical (unpaired) electrons.